The van der Waals surface area contributed by atoms with Crippen LogP contribution in [0.1, 0.15) is 17.4 Å². The fourth-order valence-electron chi connectivity index (χ4n) is 1.41. The standard InChI is InChI=1S/C11H8ClFN2O2/c1-2-17-11(16)10-9(12)8-6(13)4-3-5-7(8)14-15-10/h3-5H,2H2,1H3. The molecule has 0 aliphatic heterocycles. The predicted octanol–water partition coefficient (Wildman–Crippen LogP) is 2.60. The van der Waals surface area contributed by atoms with Gasteiger partial charge in [-0.15, -0.1) is 10.2 Å². The fourth-order valence-corrected chi connectivity index (χ4v) is 1.71. The Labute approximate surface area is 101 Å². The zero-order valence-electron chi connectivity index (χ0n) is 8.91. The van der Waals surface area contributed by atoms with Crippen LogP contribution in [-0.4, -0.2) is 22.8 Å². The highest BCUT2D eigenvalue weighted by atomic mass is 35.5. The van der Waals surface area contributed by atoms with Gasteiger partial charge in [0.1, 0.15) is 5.82 Å². The van der Waals surface area contributed by atoms with Crippen molar-refractivity contribution < 1.29 is 13.9 Å². The number of aromatic nitrogens is 2. The lowest BCUT2D eigenvalue weighted by molar-refractivity contribution is 0.0518. The van der Waals surface area contributed by atoms with Gasteiger partial charge in [-0.2, -0.15) is 0 Å². The third-order valence-corrected chi connectivity index (χ3v) is 2.51. The monoisotopic (exact) mass is 254 g/mol. The van der Waals surface area contributed by atoms with E-state index in [0.717, 1.165) is 0 Å². The van der Waals surface area contributed by atoms with Crippen LogP contribution in [0.3, 0.4) is 0 Å². The maximum Gasteiger partial charge on any atom is 0.360 e. The van der Waals surface area contributed by atoms with E-state index in [1.54, 1.807) is 13.0 Å². The highest BCUT2D eigenvalue weighted by Crippen LogP contribution is 2.26. The van der Waals surface area contributed by atoms with Crippen molar-refractivity contribution in [1.29, 1.82) is 0 Å². The van der Waals surface area contributed by atoms with Crippen molar-refractivity contribution in [2.75, 3.05) is 6.61 Å². The highest BCUT2D eigenvalue weighted by Gasteiger charge is 2.18. The van der Waals surface area contributed by atoms with E-state index in [4.69, 9.17) is 16.3 Å². The number of halogens is 2. The molecule has 0 radical (unpaired) electrons. The van der Waals surface area contributed by atoms with Crippen molar-refractivity contribution in [2.45, 2.75) is 6.92 Å². The first-order chi connectivity index (χ1) is 8.15. The van der Waals surface area contributed by atoms with Crippen LogP contribution in [0.4, 0.5) is 4.39 Å². The molecule has 0 bridgehead atoms. The summed E-state index contributed by atoms with van der Waals surface area (Å²) in [5.74, 6) is -1.26. The summed E-state index contributed by atoms with van der Waals surface area (Å²) in [5, 5.41) is 7.37. The number of benzene rings is 1. The number of rotatable bonds is 2. The van der Waals surface area contributed by atoms with E-state index in [1.165, 1.54) is 12.1 Å². The molecule has 88 valence electrons. The summed E-state index contributed by atoms with van der Waals surface area (Å²) < 4.78 is 18.3. The molecule has 6 heteroatoms. The number of carbonyl (C=O) groups is 1. The molecule has 1 aromatic heterocycles. The number of ether oxygens (including phenoxy) is 1. The van der Waals surface area contributed by atoms with Crippen LogP contribution < -0.4 is 0 Å². The lowest BCUT2D eigenvalue weighted by Crippen LogP contribution is -2.09. The van der Waals surface area contributed by atoms with Crippen LogP contribution in [0.2, 0.25) is 5.02 Å². The number of fused-ring (bicyclic) bond motifs is 1. The van der Waals surface area contributed by atoms with Crippen molar-refractivity contribution in [1.82, 2.24) is 10.2 Å². The maximum atomic E-state index is 13.6. The number of hydrogen-bond donors (Lipinski definition) is 0. The zero-order valence-corrected chi connectivity index (χ0v) is 9.66. The van der Waals surface area contributed by atoms with Gasteiger partial charge in [0.15, 0.2) is 5.69 Å². The molecule has 2 rings (SSSR count). The summed E-state index contributed by atoms with van der Waals surface area (Å²) in [7, 11) is 0. The molecule has 0 unspecified atom stereocenters. The molecule has 17 heavy (non-hydrogen) atoms. The first-order valence-electron chi connectivity index (χ1n) is 4.92. The van der Waals surface area contributed by atoms with Crippen molar-refractivity contribution >= 4 is 28.5 Å². The number of carbonyl (C=O) groups excluding carboxylic acids is 1. The summed E-state index contributed by atoms with van der Waals surface area (Å²) in [6, 6.07) is 4.30. The molecule has 0 fully saturated rings. The van der Waals surface area contributed by atoms with Gasteiger partial charge in [0.25, 0.3) is 0 Å². The van der Waals surface area contributed by atoms with Crippen LogP contribution in [0.15, 0.2) is 18.2 Å². The molecule has 1 heterocycles. The van der Waals surface area contributed by atoms with Gasteiger partial charge >= 0.3 is 5.97 Å². The van der Waals surface area contributed by atoms with Gasteiger partial charge in [0, 0.05) is 0 Å². The fraction of sp³-hybridized carbons (Fsp3) is 0.182. The lowest BCUT2D eigenvalue weighted by Gasteiger charge is -2.05. The Morgan fingerprint density at radius 2 is 2.24 bits per heavy atom. The Kier molecular flexibility index (Phi) is 3.19. The zero-order chi connectivity index (χ0) is 12.4. The minimum Gasteiger partial charge on any atom is -0.461 e. The van der Waals surface area contributed by atoms with E-state index in [0.29, 0.717) is 5.52 Å². The van der Waals surface area contributed by atoms with Crippen molar-refractivity contribution in [3.8, 4) is 0 Å². The Bertz CT molecular complexity index is 589. The first kappa shape index (κ1) is 11.7. The Hall–Kier alpha value is -1.75. The number of hydrogen-bond acceptors (Lipinski definition) is 4. The minimum absolute atomic E-state index is 0.0761. The van der Waals surface area contributed by atoms with Gasteiger partial charge in [0.05, 0.1) is 22.5 Å². The van der Waals surface area contributed by atoms with Crippen molar-refractivity contribution in [3.05, 3.63) is 34.7 Å². The largest absolute Gasteiger partial charge is 0.461 e. The number of esters is 1. The summed E-state index contributed by atoms with van der Waals surface area (Å²) in [4.78, 5) is 11.5. The average molecular weight is 255 g/mol. The average Bonchev–Trinajstić information content (AvgIpc) is 2.29. The Balaban J connectivity index is 2.65. The molecule has 0 saturated heterocycles. The lowest BCUT2D eigenvalue weighted by atomic mass is 10.2. The van der Waals surface area contributed by atoms with Crippen LogP contribution in [0.5, 0.6) is 0 Å². The smallest absolute Gasteiger partial charge is 0.360 e. The minimum atomic E-state index is -0.713. The molecule has 0 aliphatic rings. The van der Waals surface area contributed by atoms with Gasteiger partial charge < -0.3 is 4.74 Å². The second-order valence-electron chi connectivity index (χ2n) is 3.22. The van der Waals surface area contributed by atoms with E-state index in [2.05, 4.69) is 10.2 Å². The SMILES string of the molecule is CCOC(=O)c1nnc2cccc(F)c2c1Cl. The molecule has 4 nitrogen and oxygen atoms in total. The molecule has 2 aromatic rings. The maximum absolute atomic E-state index is 13.6. The molecule has 0 amide bonds. The topological polar surface area (TPSA) is 52.1 Å². The van der Waals surface area contributed by atoms with Gasteiger partial charge in [-0.25, -0.2) is 9.18 Å². The molecule has 0 aliphatic carbocycles. The number of nitrogens with zero attached hydrogens (tertiary/aromatic N) is 2. The molecule has 0 atom stereocenters. The summed E-state index contributed by atoms with van der Waals surface area (Å²) in [6.45, 7) is 1.84. The van der Waals surface area contributed by atoms with Crippen LogP contribution >= 0.6 is 11.6 Å². The van der Waals surface area contributed by atoms with Crippen LogP contribution in [0.25, 0.3) is 10.9 Å². The van der Waals surface area contributed by atoms with Gasteiger partial charge in [-0.05, 0) is 19.1 Å². The van der Waals surface area contributed by atoms with E-state index in [1.807, 2.05) is 0 Å². The third kappa shape index (κ3) is 2.06. The second kappa shape index (κ2) is 4.63. The highest BCUT2D eigenvalue weighted by molar-refractivity contribution is 6.37. The molecule has 0 N–H and O–H groups in total. The van der Waals surface area contributed by atoms with Crippen molar-refractivity contribution in [2.24, 2.45) is 0 Å². The van der Waals surface area contributed by atoms with Gasteiger partial charge in [-0.1, -0.05) is 17.7 Å². The van der Waals surface area contributed by atoms with Crippen molar-refractivity contribution in [3.63, 3.8) is 0 Å². The Morgan fingerprint density at radius 1 is 1.47 bits per heavy atom. The molecule has 0 saturated carbocycles. The molecule has 0 spiro atoms. The van der Waals surface area contributed by atoms with E-state index in [-0.39, 0.29) is 22.7 Å². The quantitative estimate of drug-likeness (QED) is 0.773. The second-order valence-corrected chi connectivity index (χ2v) is 3.59. The van der Waals surface area contributed by atoms with E-state index >= 15 is 0 Å². The molecular formula is C11H8ClFN2O2. The predicted molar refractivity (Wildman–Crippen MR) is 60.5 cm³/mol. The van der Waals surface area contributed by atoms with E-state index in [9.17, 15) is 9.18 Å². The first-order valence-corrected chi connectivity index (χ1v) is 5.30. The summed E-state index contributed by atoms with van der Waals surface area (Å²) in [6.07, 6.45) is 0. The normalized spacial score (nSPS) is 10.5. The van der Waals surface area contributed by atoms with Crippen LogP contribution in [0, 0.1) is 5.82 Å². The summed E-state index contributed by atoms with van der Waals surface area (Å²) >= 11 is 5.93. The summed E-state index contributed by atoms with van der Waals surface area (Å²) in [5.41, 5.74) is 0.120. The van der Waals surface area contributed by atoms with Crippen LogP contribution in [-0.2, 0) is 4.74 Å². The van der Waals surface area contributed by atoms with Gasteiger partial charge in [-0.3, -0.25) is 0 Å². The molecule has 1 aromatic carbocycles. The van der Waals surface area contributed by atoms with Gasteiger partial charge in [0.2, 0.25) is 0 Å². The molecular weight excluding hydrogens is 247 g/mol. The Morgan fingerprint density at radius 3 is 2.94 bits per heavy atom. The van der Waals surface area contributed by atoms with E-state index < -0.39 is 11.8 Å². The third-order valence-electron chi connectivity index (χ3n) is 2.15.